The van der Waals surface area contributed by atoms with E-state index in [1.807, 2.05) is 0 Å². The van der Waals surface area contributed by atoms with Gasteiger partial charge in [0.05, 0.1) is 6.67 Å². The summed E-state index contributed by atoms with van der Waals surface area (Å²) in [5.41, 5.74) is 0. The Hall–Kier alpha value is -0.0700. The van der Waals surface area contributed by atoms with Gasteiger partial charge in [0, 0.05) is 0 Å². The number of hydrogen-bond acceptors (Lipinski definition) is 0. The maximum Gasteiger partial charge on any atom is 0.0925 e. The van der Waals surface area contributed by atoms with Crippen LogP contribution in [0.15, 0.2) is 0 Å². The second-order valence-electron chi connectivity index (χ2n) is 3.09. The Balaban J connectivity index is 3.53. The highest BCUT2D eigenvalue weighted by molar-refractivity contribution is 4.63. The molecule has 0 fully saturated rings. The molecule has 0 amide bonds. The summed E-state index contributed by atoms with van der Waals surface area (Å²) in [6, 6.07) is 0. The first-order chi connectivity index (χ1) is 4.76. The van der Waals surface area contributed by atoms with E-state index < -0.39 is 0 Å². The first kappa shape index (κ1) is 9.93. The normalized spacial score (nSPS) is 16.8. The molecule has 10 heavy (non-hydrogen) atoms. The van der Waals surface area contributed by atoms with Gasteiger partial charge in [0.2, 0.25) is 0 Å². The van der Waals surface area contributed by atoms with Crippen molar-refractivity contribution in [3.8, 4) is 0 Å². The van der Waals surface area contributed by atoms with Crippen LogP contribution < -0.4 is 0 Å². The van der Waals surface area contributed by atoms with Crippen LogP contribution in [0.1, 0.15) is 40.0 Å². The minimum atomic E-state index is -0.141. The van der Waals surface area contributed by atoms with E-state index in [0.717, 1.165) is 6.42 Å². The Bertz CT molecular complexity index is 67.1. The summed E-state index contributed by atoms with van der Waals surface area (Å²) in [5.74, 6) is 0.875. The van der Waals surface area contributed by atoms with E-state index in [9.17, 15) is 4.39 Å². The van der Waals surface area contributed by atoms with E-state index in [4.69, 9.17) is 0 Å². The molecule has 0 aromatic carbocycles. The molecule has 0 heterocycles. The van der Waals surface area contributed by atoms with Crippen molar-refractivity contribution in [3.05, 3.63) is 0 Å². The van der Waals surface area contributed by atoms with Crippen LogP contribution in [0.4, 0.5) is 4.39 Å². The summed E-state index contributed by atoms with van der Waals surface area (Å²) in [4.78, 5) is 0. The Labute approximate surface area is 63.8 Å². The molecule has 0 aliphatic rings. The molecule has 0 saturated carbocycles. The molecule has 2 atom stereocenters. The van der Waals surface area contributed by atoms with Crippen molar-refractivity contribution >= 4 is 0 Å². The lowest BCUT2D eigenvalue weighted by atomic mass is 9.89. The van der Waals surface area contributed by atoms with Gasteiger partial charge in [0.25, 0.3) is 0 Å². The summed E-state index contributed by atoms with van der Waals surface area (Å²) in [7, 11) is 0. The fourth-order valence-corrected chi connectivity index (χ4v) is 1.35. The number of hydrogen-bond donors (Lipinski definition) is 0. The maximum atomic E-state index is 12.2. The van der Waals surface area contributed by atoms with Gasteiger partial charge in [-0.05, 0) is 11.8 Å². The quantitative estimate of drug-likeness (QED) is 0.557. The summed E-state index contributed by atoms with van der Waals surface area (Å²) in [6.45, 7) is 6.23. The zero-order valence-electron chi connectivity index (χ0n) is 7.36. The average Bonchev–Trinajstić information content (AvgIpc) is 1.91. The van der Waals surface area contributed by atoms with Crippen molar-refractivity contribution in [2.24, 2.45) is 11.8 Å². The highest BCUT2D eigenvalue weighted by Crippen LogP contribution is 2.20. The minimum Gasteiger partial charge on any atom is -0.251 e. The lowest BCUT2D eigenvalue weighted by Crippen LogP contribution is -2.12. The molecule has 0 N–H and O–H groups in total. The molecule has 0 aromatic rings. The lowest BCUT2D eigenvalue weighted by molar-refractivity contribution is 0.255. The van der Waals surface area contributed by atoms with Crippen LogP contribution >= 0.6 is 0 Å². The third-order valence-electron chi connectivity index (χ3n) is 2.27. The van der Waals surface area contributed by atoms with Crippen LogP contribution in [0.3, 0.4) is 0 Å². The van der Waals surface area contributed by atoms with E-state index in [0.29, 0.717) is 11.8 Å². The molecular formula is C9H19F. The van der Waals surface area contributed by atoms with Crippen molar-refractivity contribution in [1.29, 1.82) is 0 Å². The van der Waals surface area contributed by atoms with Gasteiger partial charge in [0.1, 0.15) is 0 Å². The van der Waals surface area contributed by atoms with E-state index in [1.165, 1.54) is 12.8 Å². The van der Waals surface area contributed by atoms with E-state index >= 15 is 0 Å². The standard InChI is InChI=1S/C9H19F/c1-4-6-8(3)9(5-2)7-10/h8-9H,4-7H2,1-3H3. The van der Waals surface area contributed by atoms with Gasteiger partial charge in [-0.2, -0.15) is 0 Å². The molecule has 0 rings (SSSR count). The van der Waals surface area contributed by atoms with Crippen molar-refractivity contribution in [2.75, 3.05) is 6.67 Å². The smallest absolute Gasteiger partial charge is 0.0925 e. The van der Waals surface area contributed by atoms with Crippen molar-refractivity contribution in [1.82, 2.24) is 0 Å². The highest BCUT2D eigenvalue weighted by Gasteiger charge is 2.13. The van der Waals surface area contributed by atoms with Crippen molar-refractivity contribution < 1.29 is 4.39 Å². The Morgan fingerprint density at radius 3 is 2.20 bits per heavy atom. The largest absolute Gasteiger partial charge is 0.251 e. The third kappa shape index (κ3) is 3.19. The Morgan fingerprint density at radius 2 is 1.90 bits per heavy atom. The van der Waals surface area contributed by atoms with Crippen LogP contribution in [0.2, 0.25) is 0 Å². The topological polar surface area (TPSA) is 0 Å². The van der Waals surface area contributed by atoms with Gasteiger partial charge in [-0.1, -0.05) is 40.0 Å². The van der Waals surface area contributed by atoms with Crippen LogP contribution in [-0.4, -0.2) is 6.67 Å². The molecule has 0 nitrogen and oxygen atoms in total. The fourth-order valence-electron chi connectivity index (χ4n) is 1.35. The van der Waals surface area contributed by atoms with E-state index in [1.54, 1.807) is 0 Å². The fraction of sp³-hybridized carbons (Fsp3) is 1.00. The molecule has 0 saturated heterocycles. The second kappa shape index (κ2) is 5.70. The molecular weight excluding hydrogens is 127 g/mol. The molecule has 0 aliphatic carbocycles. The van der Waals surface area contributed by atoms with Crippen LogP contribution in [-0.2, 0) is 0 Å². The molecule has 0 spiro atoms. The molecule has 62 valence electrons. The first-order valence-corrected chi connectivity index (χ1v) is 4.32. The predicted molar refractivity (Wildman–Crippen MR) is 43.8 cm³/mol. The molecule has 1 heteroatoms. The van der Waals surface area contributed by atoms with Gasteiger partial charge >= 0.3 is 0 Å². The van der Waals surface area contributed by atoms with Crippen molar-refractivity contribution in [3.63, 3.8) is 0 Å². The van der Waals surface area contributed by atoms with Gasteiger partial charge < -0.3 is 0 Å². The van der Waals surface area contributed by atoms with Crippen molar-refractivity contribution in [2.45, 2.75) is 40.0 Å². The summed E-state index contributed by atoms with van der Waals surface area (Å²) >= 11 is 0. The third-order valence-corrected chi connectivity index (χ3v) is 2.27. The Morgan fingerprint density at radius 1 is 1.30 bits per heavy atom. The van der Waals surface area contributed by atoms with E-state index in [2.05, 4.69) is 20.8 Å². The second-order valence-corrected chi connectivity index (χ2v) is 3.09. The minimum absolute atomic E-state index is 0.141. The molecule has 0 aliphatic heterocycles. The summed E-state index contributed by atoms with van der Waals surface area (Å²) < 4.78 is 12.2. The van der Waals surface area contributed by atoms with Crippen LogP contribution in [0.5, 0.6) is 0 Å². The number of halogens is 1. The van der Waals surface area contributed by atoms with Crippen LogP contribution in [0, 0.1) is 11.8 Å². The molecule has 0 bridgehead atoms. The monoisotopic (exact) mass is 146 g/mol. The molecule has 0 radical (unpaired) electrons. The van der Waals surface area contributed by atoms with Gasteiger partial charge in [-0.3, -0.25) is 4.39 Å². The SMILES string of the molecule is CCCC(C)C(CC)CF. The van der Waals surface area contributed by atoms with Gasteiger partial charge in [-0.15, -0.1) is 0 Å². The average molecular weight is 146 g/mol. The number of alkyl halides is 1. The number of rotatable bonds is 5. The van der Waals surface area contributed by atoms with Gasteiger partial charge in [-0.25, -0.2) is 0 Å². The van der Waals surface area contributed by atoms with Crippen LogP contribution in [0.25, 0.3) is 0 Å². The molecule has 0 aromatic heterocycles. The lowest BCUT2D eigenvalue weighted by Gasteiger charge is -2.18. The summed E-state index contributed by atoms with van der Waals surface area (Å²) in [6.07, 6.45) is 3.33. The first-order valence-electron chi connectivity index (χ1n) is 4.32. The Kier molecular flexibility index (Phi) is 5.66. The highest BCUT2D eigenvalue weighted by atomic mass is 19.1. The summed E-state index contributed by atoms with van der Waals surface area (Å²) in [5, 5.41) is 0. The maximum absolute atomic E-state index is 12.2. The molecule has 2 unspecified atom stereocenters. The predicted octanol–water partition coefficient (Wildman–Crippen LogP) is 3.42. The van der Waals surface area contributed by atoms with Gasteiger partial charge in [0.15, 0.2) is 0 Å². The zero-order chi connectivity index (χ0) is 7.98. The van der Waals surface area contributed by atoms with E-state index in [-0.39, 0.29) is 6.67 Å². The zero-order valence-corrected chi connectivity index (χ0v) is 7.36.